The molecule has 4 heteroatoms. The molecule has 0 amide bonds. The van der Waals surface area contributed by atoms with Gasteiger partial charge in [-0.3, -0.25) is 0 Å². The molecule has 1 N–H and O–H groups in total. The number of ether oxygens (including phenoxy) is 2. The van der Waals surface area contributed by atoms with Crippen LogP contribution in [0.2, 0.25) is 0 Å². The fraction of sp³-hybridized carbons (Fsp3) is 0.667. The maximum atomic E-state index is 10.7. The molecule has 0 aliphatic heterocycles. The predicted molar refractivity (Wildman–Crippen MR) is 99.5 cm³/mol. The summed E-state index contributed by atoms with van der Waals surface area (Å²) in [7, 11) is 0. The summed E-state index contributed by atoms with van der Waals surface area (Å²) < 4.78 is 10.8. The highest BCUT2D eigenvalue weighted by atomic mass is 16.7. The maximum absolute atomic E-state index is 10.7. The quantitative estimate of drug-likeness (QED) is 0.408. The Hall–Kier alpha value is -1.71. The Balaban J connectivity index is 1.63. The third-order valence-corrected chi connectivity index (χ3v) is 4.90. The minimum atomic E-state index is -1.18. The van der Waals surface area contributed by atoms with Crippen LogP contribution in [0.5, 0.6) is 5.75 Å². The standard InChI is InChI=1S/C21H32O4/c1-2-3-4-5-6-7-8-9-14-24-19-12-10-18-16-20(25-21(22)23)13-11-17(18)15-19/h10,12,15,20H,2-9,11,13-14,16H2,1H3,(H,22,23). The van der Waals surface area contributed by atoms with Crippen molar-refractivity contribution in [3.8, 4) is 5.75 Å². The number of aryl methyl sites for hydroxylation is 1. The molecular weight excluding hydrogens is 316 g/mol. The lowest BCUT2D eigenvalue weighted by molar-refractivity contribution is 0.0461. The Morgan fingerprint density at radius 3 is 2.52 bits per heavy atom. The van der Waals surface area contributed by atoms with E-state index in [0.29, 0.717) is 6.42 Å². The van der Waals surface area contributed by atoms with E-state index in [4.69, 9.17) is 14.6 Å². The summed E-state index contributed by atoms with van der Waals surface area (Å²) in [6.07, 6.45) is 11.3. The molecule has 0 radical (unpaired) electrons. The summed E-state index contributed by atoms with van der Waals surface area (Å²) in [6.45, 7) is 3.03. The number of benzene rings is 1. The number of carboxylic acid groups (broad SMARTS) is 1. The maximum Gasteiger partial charge on any atom is 0.506 e. The monoisotopic (exact) mass is 348 g/mol. The van der Waals surface area contributed by atoms with Crippen LogP contribution in [0.4, 0.5) is 4.79 Å². The predicted octanol–water partition coefficient (Wildman–Crippen LogP) is 5.76. The van der Waals surface area contributed by atoms with Gasteiger partial charge in [-0.15, -0.1) is 0 Å². The first-order chi connectivity index (χ1) is 12.2. The van der Waals surface area contributed by atoms with Crippen molar-refractivity contribution in [1.82, 2.24) is 0 Å². The molecule has 0 saturated heterocycles. The van der Waals surface area contributed by atoms with Gasteiger partial charge in [0.15, 0.2) is 0 Å². The number of rotatable bonds is 11. The van der Waals surface area contributed by atoms with Crippen LogP contribution >= 0.6 is 0 Å². The SMILES string of the molecule is CCCCCCCCCCOc1ccc2c(c1)CCC(OC(=O)O)C2. The van der Waals surface area contributed by atoms with E-state index in [0.717, 1.165) is 31.6 Å². The van der Waals surface area contributed by atoms with Crippen molar-refractivity contribution < 1.29 is 19.4 Å². The topological polar surface area (TPSA) is 55.8 Å². The highest BCUT2D eigenvalue weighted by Gasteiger charge is 2.22. The second-order valence-corrected chi connectivity index (χ2v) is 7.00. The van der Waals surface area contributed by atoms with E-state index in [2.05, 4.69) is 19.1 Å². The second-order valence-electron chi connectivity index (χ2n) is 7.00. The Bertz CT molecular complexity index is 527. The minimum Gasteiger partial charge on any atom is -0.494 e. The lowest BCUT2D eigenvalue weighted by Crippen LogP contribution is -2.24. The molecule has 1 aromatic carbocycles. The van der Waals surface area contributed by atoms with Crippen molar-refractivity contribution in [3.63, 3.8) is 0 Å². The van der Waals surface area contributed by atoms with Gasteiger partial charge >= 0.3 is 6.16 Å². The van der Waals surface area contributed by atoms with Crippen LogP contribution in [0.15, 0.2) is 18.2 Å². The molecular formula is C21H32O4. The third-order valence-electron chi connectivity index (χ3n) is 4.90. The molecule has 140 valence electrons. The Morgan fingerprint density at radius 1 is 1.08 bits per heavy atom. The first-order valence-corrected chi connectivity index (χ1v) is 9.83. The fourth-order valence-corrected chi connectivity index (χ4v) is 3.46. The molecule has 1 atom stereocenters. The van der Waals surface area contributed by atoms with Crippen molar-refractivity contribution in [2.75, 3.05) is 6.61 Å². The Morgan fingerprint density at radius 2 is 1.80 bits per heavy atom. The van der Waals surface area contributed by atoms with Crippen molar-refractivity contribution in [2.24, 2.45) is 0 Å². The van der Waals surface area contributed by atoms with Crippen LogP contribution in [0.3, 0.4) is 0 Å². The molecule has 0 spiro atoms. The fourth-order valence-electron chi connectivity index (χ4n) is 3.46. The van der Waals surface area contributed by atoms with Crippen LogP contribution in [0, 0.1) is 0 Å². The highest BCUT2D eigenvalue weighted by molar-refractivity contribution is 5.57. The number of hydrogen-bond acceptors (Lipinski definition) is 3. The zero-order chi connectivity index (χ0) is 17.9. The number of fused-ring (bicyclic) bond motifs is 1. The molecule has 0 aromatic heterocycles. The number of unbranched alkanes of at least 4 members (excludes halogenated alkanes) is 7. The summed E-state index contributed by atoms with van der Waals surface area (Å²) in [6, 6.07) is 6.15. The molecule has 1 unspecified atom stereocenters. The Labute approximate surface area is 151 Å². The van der Waals surface area contributed by atoms with Gasteiger partial charge in [0.25, 0.3) is 0 Å². The van der Waals surface area contributed by atoms with Gasteiger partial charge in [-0.05, 0) is 42.5 Å². The molecule has 1 aliphatic rings. The summed E-state index contributed by atoms with van der Waals surface area (Å²) in [5.74, 6) is 0.930. The van der Waals surface area contributed by atoms with Gasteiger partial charge in [0.1, 0.15) is 11.9 Å². The van der Waals surface area contributed by atoms with Crippen LogP contribution in [0.1, 0.15) is 75.8 Å². The van der Waals surface area contributed by atoms with Crippen molar-refractivity contribution in [2.45, 2.75) is 83.7 Å². The van der Waals surface area contributed by atoms with E-state index in [1.165, 1.54) is 56.1 Å². The van der Waals surface area contributed by atoms with Crippen molar-refractivity contribution in [3.05, 3.63) is 29.3 Å². The molecule has 0 bridgehead atoms. The lowest BCUT2D eigenvalue weighted by atomic mass is 9.89. The van der Waals surface area contributed by atoms with E-state index >= 15 is 0 Å². The van der Waals surface area contributed by atoms with Gasteiger partial charge in [0, 0.05) is 6.42 Å². The molecule has 4 nitrogen and oxygen atoms in total. The van der Waals surface area contributed by atoms with E-state index < -0.39 is 6.16 Å². The first-order valence-electron chi connectivity index (χ1n) is 9.83. The van der Waals surface area contributed by atoms with Gasteiger partial charge in [0.05, 0.1) is 6.61 Å². The molecule has 0 saturated carbocycles. The molecule has 1 aromatic rings. The average molecular weight is 348 g/mol. The molecule has 2 rings (SSSR count). The van der Waals surface area contributed by atoms with Crippen LogP contribution < -0.4 is 4.74 Å². The summed E-state index contributed by atoms with van der Waals surface area (Å²) in [5, 5.41) is 8.73. The molecule has 0 fully saturated rings. The van der Waals surface area contributed by atoms with Crippen LogP contribution in [-0.2, 0) is 17.6 Å². The van der Waals surface area contributed by atoms with E-state index in [-0.39, 0.29) is 6.10 Å². The molecule has 25 heavy (non-hydrogen) atoms. The van der Waals surface area contributed by atoms with Gasteiger partial charge < -0.3 is 14.6 Å². The molecule has 1 aliphatic carbocycles. The smallest absolute Gasteiger partial charge is 0.494 e. The van der Waals surface area contributed by atoms with E-state index in [9.17, 15) is 4.79 Å². The minimum absolute atomic E-state index is 0.214. The zero-order valence-corrected chi connectivity index (χ0v) is 15.5. The highest BCUT2D eigenvalue weighted by Crippen LogP contribution is 2.27. The van der Waals surface area contributed by atoms with Gasteiger partial charge in [-0.25, -0.2) is 4.79 Å². The summed E-state index contributed by atoms with van der Waals surface area (Å²) in [5.41, 5.74) is 2.44. The van der Waals surface area contributed by atoms with Crippen molar-refractivity contribution in [1.29, 1.82) is 0 Å². The van der Waals surface area contributed by atoms with Gasteiger partial charge in [0.2, 0.25) is 0 Å². The average Bonchev–Trinajstić information content (AvgIpc) is 2.60. The third kappa shape index (κ3) is 7.37. The van der Waals surface area contributed by atoms with Crippen LogP contribution in [0.25, 0.3) is 0 Å². The largest absolute Gasteiger partial charge is 0.506 e. The summed E-state index contributed by atoms with van der Waals surface area (Å²) in [4.78, 5) is 10.7. The van der Waals surface area contributed by atoms with Crippen LogP contribution in [-0.4, -0.2) is 24.0 Å². The van der Waals surface area contributed by atoms with Crippen molar-refractivity contribution >= 4 is 6.16 Å². The summed E-state index contributed by atoms with van der Waals surface area (Å²) >= 11 is 0. The van der Waals surface area contributed by atoms with E-state index in [1.807, 2.05) is 6.07 Å². The van der Waals surface area contributed by atoms with Gasteiger partial charge in [-0.1, -0.05) is 57.9 Å². The lowest BCUT2D eigenvalue weighted by Gasteiger charge is -2.24. The first kappa shape index (κ1) is 19.6. The normalized spacial score (nSPS) is 16.3. The van der Waals surface area contributed by atoms with Gasteiger partial charge in [-0.2, -0.15) is 0 Å². The second kappa shape index (κ2) is 11.0. The number of carbonyl (C=O) groups is 1. The zero-order valence-electron chi connectivity index (χ0n) is 15.5. The Kier molecular flexibility index (Phi) is 8.64. The van der Waals surface area contributed by atoms with E-state index in [1.54, 1.807) is 0 Å². The number of hydrogen-bond donors (Lipinski definition) is 1. The molecule has 0 heterocycles.